The first-order valence-electron chi connectivity index (χ1n) is 2.65. The van der Waals surface area contributed by atoms with E-state index in [2.05, 4.69) is 22.0 Å². The minimum atomic E-state index is 0.591. The molecule has 0 saturated carbocycles. The Kier molecular flexibility index (Phi) is 2.50. The van der Waals surface area contributed by atoms with Crippen LogP contribution in [0.1, 0.15) is 0 Å². The van der Waals surface area contributed by atoms with Crippen molar-refractivity contribution in [3.63, 3.8) is 0 Å². The molecule has 1 nitrogen and oxygen atoms in total. The molecule has 52 valence electrons. The van der Waals surface area contributed by atoms with E-state index in [1.165, 1.54) is 0 Å². The normalized spacial score (nSPS) is 16.5. The molecule has 0 aliphatic heterocycles. The number of rotatable bonds is 1. The van der Waals surface area contributed by atoms with Gasteiger partial charge in [-0.1, -0.05) is 0 Å². The van der Waals surface area contributed by atoms with Crippen LogP contribution in [-0.4, -0.2) is 7.11 Å². The zero-order valence-corrected chi connectivity index (χ0v) is 7.66. The van der Waals surface area contributed by atoms with Crippen molar-refractivity contribution in [1.82, 2.24) is 0 Å². The van der Waals surface area contributed by atoms with Gasteiger partial charge in [0.05, 0.1) is 19.3 Å². The van der Waals surface area contributed by atoms with Gasteiger partial charge in [-0.15, -0.1) is 0 Å². The summed E-state index contributed by atoms with van der Waals surface area (Å²) in [5.41, 5.74) is 0. The summed E-state index contributed by atoms with van der Waals surface area (Å²) in [7, 11) is 1.57. The van der Waals surface area contributed by atoms with E-state index in [0.29, 0.717) is 10.8 Å². The number of allylic oxidation sites excluding steroid dienone is 5. The number of ether oxygens (including phenoxy) is 1. The van der Waals surface area contributed by atoms with Gasteiger partial charge in [0.1, 0.15) is 6.08 Å². The minimum absolute atomic E-state index is 0.591. The average Bonchev–Trinajstić information content (AvgIpc) is 1.88. The van der Waals surface area contributed by atoms with E-state index in [0.717, 1.165) is 4.48 Å². The van der Waals surface area contributed by atoms with Crippen molar-refractivity contribution in [2.75, 3.05) is 7.11 Å². The molecule has 0 heterocycles. The predicted molar refractivity (Wildman–Crippen MR) is 44.7 cm³/mol. The van der Waals surface area contributed by atoms with Crippen molar-refractivity contribution < 1.29 is 4.74 Å². The van der Waals surface area contributed by atoms with Crippen molar-refractivity contribution in [2.45, 2.75) is 0 Å². The molecule has 1 aliphatic rings. The molecule has 0 aromatic carbocycles. The zero-order chi connectivity index (χ0) is 7.56. The Morgan fingerprint density at radius 3 is 2.90 bits per heavy atom. The summed E-state index contributed by atoms with van der Waals surface area (Å²) in [4.78, 5) is 0. The number of halogens is 2. The molecule has 3 heteroatoms. The van der Waals surface area contributed by atoms with Gasteiger partial charge in [-0.2, -0.15) is 0 Å². The van der Waals surface area contributed by atoms with Gasteiger partial charge in [0, 0.05) is 0 Å². The van der Waals surface area contributed by atoms with E-state index >= 15 is 0 Å². The Morgan fingerprint density at radius 1 is 1.70 bits per heavy atom. The van der Waals surface area contributed by atoms with Crippen molar-refractivity contribution in [3.8, 4) is 0 Å². The number of hydrogen-bond donors (Lipinski definition) is 0. The van der Waals surface area contributed by atoms with Crippen LogP contribution in [0.15, 0.2) is 27.4 Å². The van der Waals surface area contributed by atoms with Gasteiger partial charge in [-0.3, -0.25) is 0 Å². The monoisotopic (exact) mass is 219 g/mol. The summed E-state index contributed by atoms with van der Waals surface area (Å²) in [5, 5.41) is 0.591. The van der Waals surface area contributed by atoms with Crippen LogP contribution in [0.25, 0.3) is 0 Å². The highest BCUT2D eigenvalue weighted by Crippen LogP contribution is 2.23. The third-order valence-corrected chi connectivity index (χ3v) is 1.80. The van der Waals surface area contributed by atoms with Gasteiger partial charge in [-0.25, -0.2) is 0 Å². The molecule has 10 heavy (non-hydrogen) atoms. The molecule has 0 aromatic heterocycles. The molecule has 0 N–H and O–H groups in total. The molecule has 0 saturated heterocycles. The second-order valence-electron chi connectivity index (χ2n) is 1.70. The molecule has 0 radical (unpaired) electrons. The van der Waals surface area contributed by atoms with Crippen LogP contribution in [0.4, 0.5) is 0 Å². The maximum atomic E-state index is 5.75. The molecular formula is C7H5BrClO+. The summed E-state index contributed by atoms with van der Waals surface area (Å²) in [5.74, 6) is 0.643. The fourth-order valence-electron chi connectivity index (χ4n) is 0.584. The van der Waals surface area contributed by atoms with Crippen LogP contribution < -0.4 is 0 Å². The predicted octanol–water partition coefficient (Wildman–Crippen LogP) is 2.73. The first kappa shape index (κ1) is 7.80. The SMILES string of the molecule is COC1=C(Cl)C=C(Br)[C+]=C1. The maximum Gasteiger partial charge on any atom is 0.252 e. The van der Waals surface area contributed by atoms with E-state index in [1.54, 1.807) is 19.3 Å². The Hall–Kier alpha value is -0.300. The van der Waals surface area contributed by atoms with Crippen LogP contribution in [0.2, 0.25) is 0 Å². The van der Waals surface area contributed by atoms with Crippen LogP contribution in [0.5, 0.6) is 0 Å². The van der Waals surface area contributed by atoms with Crippen LogP contribution >= 0.6 is 27.5 Å². The largest absolute Gasteiger partial charge is 0.436 e. The third-order valence-electron chi connectivity index (χ3n) is 1.05. The first-order valence-corrected chi connectivity index (χ1v) is 3.82. The molecule has 0 fully saturated rings. The Labute approximate surface area is 73.1 Å². The standard InChI is InChI=1S/C7H5BrClO/c1-10-7-3-2-5(8)4-6(7)9/h3-4H,1H3/q+1. The summed E-state index contributed by atoms with van der Waals surface area (Å²) in [6, 6.07) is 0. The lowest BCUT2D eigenvalue weighted by atomic mass is 10.3. The molecule has 0 aromatic rings. The van der Waals surface area contributed by atoms with Crippen molar-refractivity contribution >= 4 is 27.5 Å². The van der Waals surface area contributed by atoms with Crippen molar-refractivity contribution in [1.29, 1.82) is 0 Å². The summed E-state index contributed by atoms with van der Waals surface area (Å²) >= 11 is 8.98. The lowest BCUT2D eigenvalue weighted by Crippen LogP contribution is -1.88. The van der Waals surface area contributed by atoms with E-state index in [4.69, 9.17) is 16.3 Å². The highest BCUT2D eigenvalue weighted by molar-refractivity contribution is 9.11. The second-order valence-corrected chi connectivity index (χ2v) is 2.96. The lowest BCUT2D eigenvalue weighted by Gasteiger charge is -1.95. The van der Waals surface area contributed by atoms with Gasteiger partial charge < -0.3 is 4.74 Å². The maximum absolute atomic E-state index is 5.75. The van der Waals surface area contributed by atoms with Gasteiger partial charge in [0.2, 0.25) is 0 Å². The third kappa shape index (κ3) is 1.60. The van der Waals surface area contributed by atoms with Crippen molar-refractivity contribution in [2.24, 2.45) is 0 Å². The number of hydrogen-bond acceptors (Lipinski definition) is 1. The molecule has 0 bridgehead atoms. The Balaban J connectivity index is 2.95. The average molecular weight is 220 g/mol. The van der Waals surface area contributed by atoms with Gasteiger partial charge in [0.15, 0.2) is 9.51 Å². The van der Waals surface area contributed by atoms with E-state index < -0.39 is 0 Å². The van der Waals surface area contributed by atoms with Gasteiger partial charge >= 0.3 is 0 Å². The highest BCUT2D eigenvalue weighted by atomic mass is 79.9. The molecule has 0 amide bonds. The molecule has 0 spiro atoms. The van der Waals surface area contributed by atoms with Gasteiger partial charge in [0.25, 0.3) is 5.76 Å². The summed E-state index contributed by atoms with van der Waals surface area (Å²) < 4.78 is 5.75. The number of methoxy groups -OCH3 is 1. The highest BCUT2D eigenvalue weighted by Gasteiger charge is 2.14. The second kappa shape index (κ2) is 3.20. The molecule has 1 aliphatic carbocycles. The lowest BCUT2D eigenvalue weighted by molar-refractivity contribution is 0.305. The van der Waals surface area contributed by atoms with E-state index in [9.17, 15) is 0 Å². The minimum Gasteiger partial charge on any atom is -0.436 e. The van der Waals surface area contributed by atoms with E-state index in [1.807, 2.05) is 0 Å². The van der Waals surface area contributed by atoms with Crippen molar-refractivity contribution in [3.05, 3.63) is 33.5 Å². The van der Waals surface area contributed by atoms with Gasteiger partial charge in [-0.05, 0) is 27.5 Å². The summed E-state index contributed by atoms with van der Waals surface area (Å²) in [6.45, 7) is 0. The fourth-order valence-corrected chi connectivity index (χ4v) is 1.30. The van der Waals surface area contributed by atoms with Crippen LogP contribution in [0, 0.1) is 6.08 Å². The Morgan fingerprint density at radius 2 is 2.40 bits per heavy atom. The molecule has 1 rings (SSSR count). The first-order chi connectivity index (χ1) is 4.74. The summed E-state index contributed by atoms with van der Waals surface area (Å²) in [6.07, 6.45) is 6.32. The smallest absolute Gasteiger partial charge is 0.252 e. The van der Waals surface area contributed by atoms with Crippen LogP contribution in [-0.2, 0) is 4.74 Å². The molecule has 0 atom stereocenters. The zero-order valence-electron chi connectivity index (χ0n) is 5.32. The topological polar surface area (TPSA) is 9.23 Å². The van der Waals surface area contributed by atoms with E-state index in [-0.39, 0.29) is 0 Å². The molecular weight excluding hydrogens is 215 g/mol. The fraction of sp³-hybridized carbons (Fsp3) is 0.143. The quantitative estimate of drug-likeness (QED) is 0.618. The Bertz CT molecular complexity index is 228. The molecule has 0 unspecified atom stereocenters. The van der Waals surface area contributed by atoms with Crippen LogP contribution in [0.3, 0.4) is 0 Å².